The zero-order chi connectivity index (χ0) is 9.84. The van der Waals surface area contributed by atoms with E-state index in [1.54, 1.807) is 6.20 Å². The van der Waals surface area contributed by atoms with Crippen LogP contribution in [0.5, 0.6) is 0 Å². The normalized spacial score (nSPS) is 13.3. The molecule has 1 heterocycles. The molecule has 1 atom stereocenters. The molecule has 3 heteroatoms. The first kappa shape index (κ1) is 10.2. The number of hydrogen-bond acceptors (Lipinski definition) is 3. The summed E-state index contributed by atoms with van der Waals surface area (Å²) in [5, 5.41) is 9.70. The van der Waals surface area contributed by atoms with Crippen molar-refractivity contribution in [3.05, 3.63) is 29.6 Å². The lowest BCUT2D eigenvalue weighted by Crippen LogP contribution is -2.20. The largest absolute Gasteiger partial charge is 0.387 e. The summed E-state index contributed by atoms with van der Waals surface area (Å²) in [6.45, 7) is 2.56. The Bertz CT molecular complexity index is 256. The Morgan fingerprint density at radius 2 is 2.15 bits per heavy atom. The summed E-state index contributed by atoms with van der Waals surface area (Å²) in [6, 6.07) is 3.82. The molecule has 1 unspecified atom stereocenters. The molecule has 0 aliphatic rings. The number of hydrogen-bond donors (Lipinski definition) is 1. The van der Waals surface area contributed by atoms with Crippen molar-refractivity contribution in [3.63, 3.8) is 0 Å². The summed E-state index contributed by atoms with van der Waals surface area (Å²) in [5.41, 5.74) is 1.85. The predicted octanol–water partition coefficient (Wildman–Crippen LogP) is 0.985. The molecule has 0 spiro atoms. The molecule has 1 rings (SSSR count). The smallest absolute Gasteiger partial charge is 0.0931 e. The van der Waals surface area contributed by atoms with E-state index in [0.717, 1.165) is 11.3 Å². The van der Waals surface area contributed by atoms with Crippen LogP contribution in [0.2, 0.25) is 0 Å². The van der Waals surface area contributed by atoms with Crippen LogP contribution in [0.1, 0.15) is 17.4 Å². The van der Waals surface area contributed by atoms with E-state index in [0.29, 0.717) is 6.54 Å². The topological polar surface area (TPSA) is 36.4 Å². The zero-order valence-corrected chi connectivity index (χ0v) is 8.36. The molecule has 0 saturated heterocycles. The fraction of sp³-hybridized carbons (Fsp3) is 0.500. The maximum Gasteiger partial charge on any atom is 0.0931 e. The molecular weight excluding hydrogens is 164 g/mol. The Morgan fingerprint density at radius 1 is 1.46 bits per heavy atom. The Kier molecular flexibility index (Phi) is 3.39. The highest BCUT2D eigenvalue weighted by Gasteiger charge is 2.07. The number of aliphatic hydroxyl groups is 1. The van der Waals surface area contributed by atoms with E-state index in [-0.39, 0.29) is 0 Å². The minimum absolute atomic E-state index is 0.442. The van der Waals surface area contributed by atoms with Crippen molar-refractivity contribution in [1.29, 1.82) is 0 Å². The first-order chi connectivity index (χ1) is 6.09. The Hall–Kier alpha value is -0.930. The maximum absolute atomic E-state index is 9.70. The molecule has 0 bridgehead atoms. The highest BCUT2D eigenvalue weighted by atomic mass is 16.3. The van der Waals surface area contributed by atoms with Gasteiger partial charge in [0.2, 0.25) is 0 Å². The lowest BCUT2D eigenvalue weighted by atomic mass is 10.1. The number of aromatic nitrogens is 1. The van der Waals surface area contributed by atoms with Crippen LogP contribution in [0, 0.1) is 6.92 Å². The Labute approximate surface area is 79.0 Å². The van der Waals surface area contributed by atoms with Crippen molar-refractivity contribution in [2.75, 3.05) is 20.6 Å². The van der Waals surface area contributed by atoms with Crippen molar-refractivity contribution >= 4 is 0 Å². The third-order valence-electron chi connectivity index (χ3n) is 1.86. The molecule has 0 aliphatic heterocycles. The van der Waals surface area contributed by atoms with Gasteiger partial charge in [0.15, 0.2) is 0 Å². The number of pyridine rings is 1. The third kappa shape index (κ3) is 3.13. The minimum atomic E-state index is -0.442. The molecule has 0 amide bonds. The third-order valence-corrected chi connectivity index (χ3v) is 1.86. The quantitative estimate of drug-likeness (QED) is 0.753. The Morgan fingerprint density at radius 3 is 2.62 bits per heavy atom. The summed E-state index contributed by atoms with van der Waals surface area (Å²) in [6.07, 6.45) is 1.28. The van der Waals surface area contributed by atoms with Crippen LogP contribution in [0.3, 0.4) is 0 Å². The second-order valence-corrected chi connectivity index (χ2v) is 3.51. The van der Waals surface area contributed by atoms with Gasteiger partial charge in [0.25, 0.3) is 0 Å². The van der Waals surface area contributed by atoms with Gasteiger partial charge in [-0.1, -0.05) is 6.07 Å². The van der Waals surface area contributed by atoms with E-state index >= 15 is 0 Å². The highest BCUT2D eigenvalue weighted by molar-refractivity contribution is 5.15. The van der Waals surface area contributed by atoms with Gasteiger partial charge in [-0.05, 0) is 27.1 Å². The van der Waals surface area contributed by atoms with E-state index in [1.807, 2.05) is 38.1 Å². The highest BCUT2D eigenvalue weighted by Crippen LogP contribution is 2.11. The second kappa shape index (κ2) is 4.35. The first-order valence-corrected chi connectivity index (χ1v) is 4.35. The van der Waals surface area contributed by atoms with E-state index in [2.05, 4.69) is 4.98 Å². The predicted molar refractivity (Wildman–Crippen MR) is 52.5 cm³/mol. The van der Waals surface area contributed by atoms with Gasteiger partial charge < -0.3 is 10.0 Å². The van der Waals surface area contributed by atoms with Gasteiger partial charge in [0.05, 0.1) is 6.10 Å². The maximum atomic E-state index is 9.70. The number of rotatable bonds is 3. The zero-order valence-electron chi connectivity index (χ0n) is 8.36. The lowest BCUT2D eigenvalue weighted by molar-refractivity contribution is 0.138. The summed E-state index contributed by atoms with van der Waals surface area (Å²) in [5.74, 6) is 0. The van der Waals surface area contributed by atoms with Crippen molar-refractivity contribution in [2.45, 2.75) is 13.0 Å². The average Bonchev–Trinajstić information content (AvgIpc) is 2.04. The van der Waals surface area contributed by atoms with E-state index in [9.17, 15) is 5.11 Å². The van der Waals surface area contributed by atoms with Crippen LogP contribution in [0.4, 0.5) is 0 Å². The molecule has 0 aliphatic carbocycles. The van der Waals surface area contributed by atoms with Crippen LogP contribution >= 0.6 is 0 Å². The number of aliphatic hydroxyl groups excluding tert-OH is 1. The molecule has 1 N–H and O–H groups in total. The van der Waals surface area contributed by atoms with E-state index < -0.39 is 6.10 Å². The van der Waals surface area contributed by atoms with Crippen molar-refractivity contribution in [2.24, 2.45) is 0 Å². The standard InChI is InChI=1S/C10H16N2O/c1-8-4-5-9(6-11-8)10(13)7-12(2)3/h4-6,10,13H,7H2,1-3H3. The molecule has 3 nitrogen and oxygen atoms in total. The summed E-state index contributed by atoms with van der Waals surface area (Å²) in [4.78, 5) is 6.08. The van der Waals surface area contributed by atoms with Crippen LogP contribution in [0.15, 0.2) is 18.3 Å². The SMILES string of the molecule is Cc1ccc(C(O)CN(C)C)cn1. The molecule has 0 fully saturated rings. The van der Waals surface area contributed by atoms with Crippen LogP contribution < -0.4 is 0 Å². The van der Waals surface area contributed by atoms with Gasteiger partial charge in [-0.15, -0.1) is 0 Å². The first-order valence-electron chi connectivity index (χ1n) is 4.35. The summed E-state index contributed by atoms with van der Waals surface area (Å²) < 4.78 is 0. The second-order valence-electron chi connectivity index (χ2n) is 3.51. The summed E-state index contributed by atoms with van der Waals surface area (Å²) >= 11 is 0. The molecular formula is C10H16N2O. The number of aryl methyl sites for hydroxylation is 1. The number of likely N-dealkylation sites (N-methyl/N-ethyl adjacent to an activating group) is 1. The molecule has 1 aromatic rings. The molecule has 13 heavy (non-hydrogen) atoms. The van der Waals surface area contributed by atoms with Crippen LogP contribution in [-0.2, 0) is 0 Å². The molecule has 0 radical (unpaired) electrons. The number of nitrogens with zero attached hydrogens (tertiary/aromatic N) is 2. The van der Waals surface area contributed by atoms with Crippen molar-refractivity contribution in [1.82, 2.24) is 9.88 Å². The summed E-state index contributed by atoms with van der Waals surface area (Å²) in [7, 11) is 3.87. The van der Waals surface area contributed by atoms with Gasteiger partial charge in [-0.2, -0.15) is 0 Å². The van der Waals surface area contributed by atoms with Gasteiger partial charge >= 0.3 is 0 Å². The van der Waals surface area contributed by atoms with Crippen LogP contribution in [0.25, 0.3) is 0 Å². The van der Waals surface area contributed by atoms with E-state index in [4.69, 9.17) is 0 Å². The fourth-order valence-electron chi connectivity index (χ4n) is 1.13. The fourth-order valence-corrected chi connectivity index (χ4v) is 1.13. The average molecular weight is 180 g/mol. The van der Waals surface area contributed by atoms with E-state index in [1.165, 1.54) is 0 Å². The monoisotopic (exact) mass is 180 g/mol. The Balaban J connectivity index is 2.66. The van der Waals surface area contributed by atoms with Gasteiger partial charge in [0, 0.05) is 24.0 Å². The molecule has 1 aromatic heterocycles. The van der Waals surface area contributed by atoms with Crippen molar-refractivity contribution in [3.8, 4) is 0 Å². The lowest BCUT2D eigenvalue weighted by Gasteiger charge is -2.15. The van der Waals surface area contributed by atoms with Crippen molar-refractivity contribution < 1.29 is 5.11 Å². The van der Waals surface area contributed by atoms with Crippen LogP contribution in [-0.4, -0.2) is 35.6 Å². The molecule has 72 valence electrons. The minimum Gasteiger partial charge on any atom is -0.387 e. The van der Waals surface area contributed by atoms with Gasteiger partial charge in [-0.3, -0.25) is 4.98 Å². The molecule has 0 saturated carbocycles. The van der Waals surface area contributed by atoms with Gasteiger partial charge in [-0.25, -0.2) is 0 Å². The van der Waals surface area contributed by atoms with Gasteiger partial charge in [0.1, 0.15) is 0 Å². The molecule has 0 aromatic carbocycles.